The summed E-state index contributed by atoms with van der Waals surface area (Å²) in [5.41, 5.74) is 0.952. The molecule has 2 aromatic rings. The Kier molecular flexibility index (Phi) is 5.76. The minimum absolute atomic E-state index is 0.108. The van der Waals surface area contributed by atoms with Gasteiger partial charge in [-0.1, -0.05) is 24.3 Å². The summed E-state index contributed by atoms with van der Waals surface area (Å²) >= 11 is 0. The average molecular weight is 402 g/mol. The number of carbonyl (C=O) groups is 1. The van der Waals surface area contributed by atoms with Crippen LogP contribution in [0.2, 0.25) is 0 Å². The molecule has 1 saturated heterocycles. The number of amides is 1. The van der Waals surface area contributed by atoms with Crippen molar-refractivity contribution in [2.75, 3.05) is 31.1 Å². The number of sulfonamides is 1. The van der Waals surface area contributed by atoms with Crippen LogP contribution in [0.25, 0.3) is 0 Å². The Labute approximate surface area is 167 Å². The predicted octanol–water partition coefficient (Wildman–Crippen LogP) is 2.73. The zero-order valence-electron chi connectivity index (χ0n) is 16.6. The first-order valence-corrected chi connectivity index (χ1v) is 10.9. The van der Waals surface area contributed by atoms with Crippen LogP contribution in [0, 0.1) is 0 Å². The molecular formula is C21H27N3O3S. The molecule has 3 rings (SSSR count). The van der Waals surface area contributed by atoms with Crippen molar-refractivity contribution >= 4 is 21.6 Å². The molecule has 7 heteroatoms. The quantitative estimate of drug-likeness (QED) is 0.855. The maximum Gasteiger partial charge on any atom is 0.254 e. The molecule has 0 bridgehead atoms. The topological polar surface area (TPSA) is 69.7 Å². The van der Waals surface area contributed by atoms with Crippen LogP contribution < -0.4 is 9.62 Å². The lowest BCUT2D eigenvalue weighted by atomic mass is 10.1. The molecule has 1 fully saturated rings. The lowest BCUT2D eigenvalue weighted by Crippen LogP contribution is -2.48. The predicted molar refractivity (Wildman–Crippen MR) is 111 cm³/mol. The van der Waals surface area contributed by atoms with Gasteiger partial charge in [-0.25, -0.2) is 13.1 Å². The molecule has 0 aliphatic carbocycles. The number of hydrogen-bond acceptors (Lipinski definition) is 4. The van der Waals surface area contributed by atoms with E-state index in [-0.39, 0.29) is 10.8 Å². The number of piperazine rings is 1. The normalized spacial score (nSPS) is 15.5. The van der Waals surface area contributed by atoms with Gasteiger partial charge in [0.05, 0.1) is 4.90 Å². The first-order valence-electron chi connectivity index (χ1n) is 9.39. The summed E-state index contributed by atoms with van der Waals surface area (Å²) in [5.74, 6) is -0.138. The largest absolute Gasteiger partial charge is 0.368 e. The van der Waals surface area contributed by atoms with Gasteiger partial charge in [-0.05, 0) is 51.1 Å². The number of hydrogen-bond donors (Lipinski definition) is 1. The highest BCUT2D eigenvalue weighted by molar-refractivity contribution is 7.89. The van der Waals surface area contributed by atoms with E-state index in [4.69, 9.17) is 0 Å². The van der Waals surface area contributed by atoms with Gasteiger partial charge in [-0.15, -0.1) is 0 Å². The molecule has 1 amide bonds. The molecule has 0 aromatic heterocycles. The Morgan fingerprint density at radius 1 is 0.929 bits per heavy atom. The van der Waals surface area contributed by atoms with E-state index >= 15 is 0 Å². The molecule has 150 valence electrons. The second-order valence-corrected chi connectivity index (χ2v) is 9.68. The first kappa shape index (κ1) is 20.4. The van der Waals surface area contributed by atoms with Crippen molar-refractivity contribution in [3.05, 3.63) is 60.2 Å². The summed E-state index contributed by atoms with van der Waals surface area (Å²) in [6, 6.07) is 16.4. The Hall–Kier alpha value is -2.38. The Balaban J connectivity index is 1.70. The van der Waals surface area contributed by atoms with Crippen LogP contribution in [0.15, 0.2) is 59.5 Å². The first-order chi connectivity index (χ1) is 13.2. The molecule has 28 heavy (non-hydrogen) atoms. The van der Waals surface area contributed by atoms with Gasteiger partial charge in [-0.3, -0.25) is 4.79 Å². The third kappa shape index (κ3) is 4.91. The van der Waals surface area contributed by atoms with Gasteiger partial charge in [-0.2, -0.15) is 0 Å². The van der Waals surface area contributed by atoms with E-state index in [1.807, 2.05) is 18.2 Å². The minimum atomic E-state index is -3.68. The van der Waals surface area contributed by atoms with Crippen molar-refractivity contribution in [3.8, 4) is 0 Å². The van der Waals surface area contributed by atoms with Crippen molar-refractivity contribution in [2.45, 2.75) is 31.2 Å². The van der Waals surface area contributed by atoms with Gasteiger partial charge < -0.3 is 9.80 Å². The smallest absolute Gasteiger partial charge is 0.254 e. The van der Waals surface area contributed by atoms with Crippen LogP contribution in [0.1, 0.15) is 31.1 Å². The third-order valence-electron chi connectivity index (χ3n) is 4.52. The van der Waals surface area contributed by atoms with Gasteiger partial charge in [0.2, 0.25) is 10.0 Å². The minimum Gasteiger partial charge on any atom is -0.368 e. The number of anilines is 1. The monoisotopic (exact) mass is 401 g/mol. The molecule has 1 N–H and O–H groups in total. The van der Waals surface area contributed by atoms with E-state index in [1.54, 1.807) is 37.8 Å². The van der Waals surface area contributed by atoms with Crippen molar-refractivity contribution in [1.82, 2.24) is 9.62 Å². The maximum absolute atomic E-state index is 12.9. The van der Waals surface area contributed by atoms with E-state index in [2.05, 4.69) is 21.8 Å². The van der Waals surface area contributed by atoms with Crippen LogP contribution in [0.5, 0.6) is 0 Å². The summed E-state index contributed by atoms with van der Waals surface area (Å²) in [6.07, 6.45) is 0. The molecule has 1 aliphatic rings. The third-order valence-corrected chi connectivity index (χ3v) is 6.28. The highest BCUT2D eigenvalue weighted by Crippen LogP contribution is 2.19. The maximum atomic E-state index is 12.9. The second-order valence-electron chi connectivity index (χ2n) is 8.00. The summed E-state index contributed by atoms with van der Waals surface area (Å²) in [4.78, 5) is 17.0. The lowest BCUT2D eigenvalue weighted by molar-refractivity contribution is 0.0746. The number of rotatable bonds is 4. The van der Waals surface area contributed by atoms with E-state index in [0.29, 0.717) is 18.7 Å². The molecule has 0 saturated carbocycles. The molecule has 0 radical (unpaired) electrons. The number of nitrogens with zero attached hydrogens (tertiary/aromatic N) is 2. The molecule has 2 aromatic carbocycles. The average Bonchev–Trinajstić information content (AvgIpc) is 2.66. The van der Waals surface area contributed by atoms with Crippen LogP contribution in [0.3, 0.4) is 0 Å². The molecule has 0 atom stereocenters. The molecular weight excluding hydrogens is 374 g/mol. The van der Waals surface area contributed by atoms with Crippen LogP contribution in [-0.4, -0.2) is 50.9 Å². The molecule has 1 aliphatic heterocycles. The Morgan fingerprint density at radius 2 is 1.57 bits per heavy atom. The number of para-hydroxylation sites is 1. The van der Waals surface area contributed by atoms with Gasteiger partial charge in [0.25, 0.3) is 5.91 Å². The zero-order valence-corrected chi connectivity index (χ0v) is 17.4. The van der Waals surface area contributed by atoms with Gasteiger partial charge in [0.1, 0.15) is 0 Å². The van der Waals surface area contributed by atoms with Gasteiger partial charge in [0.15, 0.2) is 0 Å². The van der Waals surface area contributed by atoms with Gasteiger partial charge >= 0.3 is 0 Å². The Bertz CT molecular complexity index is 929. The van der Waals surface area contributed by atoms with Crippen molar-refractivity contribution in [3.63, 3.8) is 0 Å². The fourth-order valence-corrected chi connectivity index (χ4v) is 4.71. The van der Waals surface area contributed by atoms with Crippen LogP contribution in [-0.2, 0) is 10.0 Å². The lowest BCUT2D eigenvalue weighted by Gasteiger charge is -2.36. The molecule has 6 nitrogen and oxygen atoms in total. The molecule has 0 unspecified atom stereocenters. The standard InChI is InChI=1S/C21H27N3O3S/c1-21(2,3)22-28(26,27)19-11-7-8-17(16-19)20(25)24-14-12-23(13-15-24)18-9-5-4-6-10-18/h4-11,16,22H,12-15H2,1-3H3. The summed E-state index contributed by atoms with van der Waals surface area (Å²) < 4.78 is 27.7. The second kappa shape index (κ2) is 7.93. The number of benzene rings is 2. The highest BCUT2D eigenvalue weighted by atomic mass is 32.2. The fraction of sp³-hybridized carbons (Fsp3) is 0.381. The number of carbonyl (C=O) groups excluding carboxylic acids is 1. The fourth-order valence-electron chi connectivity index (χ4n) is 3.25. The summed E-state index contributed by atoms with van der Waals surface area (Å²) in [7, 11) is -3.68. The van der Waals surface area contributed by atoms with Crippen LogP contribution in [0.4, 0.5) is 5.69 Å². The van der Waals surface area contributed by atoms with Crippen molar-refractivity contribution in [2.24, 2.45) is 0 Å². The van der Waals surface area contributed by atoms with E-state index in [1.165, 1.54) is 12.1 Å². The van der Waals surface area contributed by atoms with Crippen molar-refractivity contribution < 1.29 is 13.2 Å². The van der Waals surface area contributed by atoms with Crippen molar-refractivity contribution in [1.29, 1.82) is 0 Å². The molecule has 1 heterocycles. The molecule has 0 spiro atoms. The zero-order chi connectivity index (χ0) is 20.4. The van der Waals surface area contributed by atoms with E-state index < -0.39 is 15.6 Å². The SMILES string of the molecule is CC(C)(C)NS(=O)(=O)c1cccc(C(=O)N2CCN(c3ccccc3)CC2)c1. The van der Waals surface area contributed by atoms with E-state index in [0.717, 1.165) is 18.8 Å². The summed E-state index contributed by atoms with van der Waals surface area (Å²) in [5, 5.41) is 0. The number of nitrogens with one attached hydrogen (secondary N) is 1. The Morgan fingerprint density at radius 3 is 2.18 bits per heavy atom. The highest BCUT2D eigenvalue weighted by Gasteiger charge is 2.25. The van der Waals surface area contributed by atoms with Gasteiger partial charge in [0, 0.05) is 43.0 Å². The van der Waals surface area contributed by atoms with Crippen LogP contribution >= 0.6 is 0 Å². The van der Waals surface area contributed by atoms with E-state index in [9.17, 15) is 13.2 Å². The summed E-state index contributed by atoms with van der Waals surface area (Å²) in [6.45, 7) is 8.05.